The van der Waals surface area contributed by atoms with Crippen LogP contribution in [0, 0.1) is 4.77 Å². The van der Waals surface area contributed by atoms with E-state index >= 15 is 0 Å². The molecule has 1 aromatic heterocycles. The highest BCUT2D eigenvalue weighted by Gasteiger charge is 2.12. The van der Waals surface area contributed by atoms with Gasteiger partial charge in [0.05, 0.1) is 0 Å². The summed E-state index contributed by atoms with van der Waals surface area (Å²) in [5.41, 5.74) is 0. The van der Waals surface area contributed by atoms with Crippen molar-refractivity contribution in [1.29, 1.82) is 0 Å². The van der Waals surface area contributed by atoms with Crippen molar-refractivity contribution in [2.24, 2.45) is 7.05 Å². The standard InChI is InChI=1S/C9H16N4S/c1-12-8(10-11-9(12)14)4-7-13-5-2-3-6-13/h2-7H2,1H3,(H,11,14). The second-order valence-corrected chi connectivity index (χ2v) is 4.19. The number of aromatic nitrogens is 3. The number of hydrogen-bond donors (Lipinski definition) is 1. The number of nitrogens with one attached hydrogen (secondary N) is 1. The molecule has 0 aromatic carbocycles. The molecule has 1 fully saturated rings. The van der Waals surface area contributed by atoms with Gasteiger partial charge in [-0.2, -0.15) is 5.10 Å². The maximum atomic E-state index is 5.05. The zero-order valence-corrected chi connectivity index (χ0v) is 9.31. The molecule has 14 heavy (non-hydrogen) atoms. The van der Waals surface area contributed by atoms with Crippen molar-refractivity contribution in [3.05, 3.63) is 10.6 Å². The van der Waals surface area contributed by atoms with Crippen LogP contribution in [-0.2, 0) is 13.5 Å². The molecule has 0 spiro atoms. The number of likely N-dealkylation sites (tertiary alicyclic amines) is 1. The summed E-state index contributed by atoms with van der Waals surface area (Å²) in [6, 6.07) is 0. The number of rotatable bonds is 3. The van der Waals surface area contributed by atoms with Gasteiger partial charge in [0.2, 0.25) is 0 Å². The van der Waals surface area contributed by atoms with Crippen LogP contribution in [0.1, 0.15) is 18.7 Å². The van der Waals surface area contributed by atoms with Crippen LogP contribution in [0.25, 0.3) is 0 Å². The van der Waals surface area contributed by atoms with E-state index in [1.54, 1.807) is 0 Å². The lowest BCUT2D eigenvalue weighted by Crippen LogP contribution is -2.22. The van der Waals surface area contributed by atoms with E-state index in [0.717, 1.165) is 18.8 Å². The smallest absolute Gasteiger partial charge is 0.194 e. The zero-order chi connectivity index (χ0) is 9.97. The molecule has 2 heterocycles. The van der Waals surface area contributed by atoms with E-state index in [1.807, 2.05) is 11.6 Å². The minimum Gasteiger partial charge on any atom is -0.307 e. The Hall–Kier alpha value is -0.680. The average molecular weight is 212 g/mol. The topological polar surface area (TPSA) is 36.9 Å². The van der Waals surface area contributed by atoms with Gasteiger partial charge in [-0.1, -0.05) is 0 Å². The van der Waals surface area contributed by atoms with Crippen LogP contribution in [0.3, 0.4) is 0 Å². The third-order valence-corrected chi connectivity index (χ3v) is 3.19. The Morgan fingerprint density at radius 3 is 2.71 bits per heavy atom. The summed E-state index contributed by atoms with van der Waals surface area (Å²) in [7, 11) is 1.96. The molecule has 0 atom stereocenters. The summed E-state index contributed by atoms with van der Waals surface area (Å²) < 4.78 is 2.66. The number of H-pyrrole nitrogens is 1. The summed E-state index contributed by atoms with van der Waals surface area (Å²) in [6.07, 6.45) is 3.68. The first-order valence-electron chi connectivity index (χ1n) is 5.10. The molecule has 0 saturated carbocycles. The molecule has 78 valence electrons. The SMILES string of the molecule is Cn1c(CCN2CCCC2)n[nH]c1=S. The Morgan fingerprint density at radius 1 is 1.43 bits per heavy atom. The second kappa shape index (κ2) is 4.23. The van der Waals surface area contributed by atoms with Crippen molar-refractivity contribution < 1.29 is 0 Å². The van der Waals surface area contributed by atoms with Gasteiger partial charge in [0.15, 0.2) is 4.77 Å². The monoisotopic (exact) mass is 212 g/mol. The van der Waals surface area contributed by atoms with Gasteiger partial charge in [0.1, 0.15) is 5.82 Å². The summed E-state index contributed by atoms with van der Waals surface area (Å²) in [5, 5.41) is 7.00. The van der Waals surface area contributed by atoms with E-state index in [4.69, 9.17) is 12.2 Å². The summed E-state index contributed by atoms with van der Waals surface area (Å²) in [5.74, 6) is 1.06. The second-order valence-electron chi connectivity index (χ2n) is 3.80. The lowest BCUT2D eigenvalue weighted by molar-refractivity contribution is 0.339. The molecule has 0 aliphatic carbocycles. The van der Waals surface area contributed by atoms with Crippen LogP contribution < -0.4 is 0 Å². The number of aromatic amines is 1. The molecule has 4 nitrogen and oxygen atoms in total. The average Bonchev–Trinajstić information content (AvgIpc) is 2.77. The zero-order valence-electron chi connectivity index (χ0n) is 8.49. The Morgan fingerprint density at radius 2 is 2.14 bits per heavy atom. The van der Waals surface area contributed by atoms with Gasteiger partial charge in [0, 0.05) is 20.0 Å². The first-order chi connectivity index (χ1) is 6.77. The molecule has 1 saturated heterocycles. The molecule has 1 aromatic rings. The van der Waals surface area contributed by atoms with Crippen LogP contribution in [0.4, 0.5) is 0 Å². The molecule has 0 amide bonds. The third-order valence-electron chi connectivity index (χ3n) is 2.82. The molecule has 5 heteroatoms. The van der Waals surface area contributed by atoms with E-state index < -0.39 is 0 Å². The Bertz CT molecular complexity index is 348. The van der Waals surface area contributed by atoms with Crippen molar-refractivity contribution in [3.8, 4) is 0 Å². The van der Waals surface area contributed by atoms with Crippen LogP contribution in [-0.4, -0.2) is 39.3 Å². The molecule has 1 aliphatic heterocycles. The van der Waals surface area contributed by atoms with Crippen LogP contribution in [0.2, 0.25) is 0 Å². The van der Waals surface area contributed by atoms with E-state index in [-0.39, 0.29) is 0 Å². The molecule has 1 N–H and O–H groups in total. The maximum Gasteiger partial charge on any atom is 0.194 e. The first-order valence-corrected chi connectivity index (χ1v) is 5.51. The predicted octanol–water partition coefficient (Wildman–Crippen LogP) is 1.12. The van der Waals surface area contributed by atoms with Crippen molar-refractivity contribution >= 4 is 12.2 Å². The third kappa shape index (κ3) is 2.04. The van der Waals surface area contributed by atoms with E-state index in [0.29, 0.717) is 4.77 Å². The fraction of sp³-hybridized carbons (Fsp3) is 0.778. The van der Waals surface area contributed by atoms with E-state index in [1.165, 1.54) is 25.9 Å². The quantitative estimate of drug-likeness (QED) is 0.763. The number of nitrogens with zero attached hydrogens (tertiary/aromatic N) is 3. The largest absolute Gasteiger partial charge is 0.307 e. The van der Waals surface area contributed by atoms with Crippen LogP contribution >= 0.6 is 12.2 Å². The van der Waals surface area contributed by atoms with Crippen molar-refractivity contribution in [3.63, 3.8) is 0 Å². The molecule has 1 aliphatic rings. The Balaban J connectivity index is 1.91. The molecule has 0 unspecified atom stereocenters. The lowest BCUT2D eigenvalue weighted by Gasteiger charge is -2.13. The summed E-state index contributed by atoms with van der Waals surface area (Å²) >= 11 is 5.05. The normalized spacial score (nSPS) is 17.8. The Kier molecular flexibility index (Phi) is 2.98. The predicted molar refractivity (Wildman–Crippen MR) is 57.8 cm³/mol. The van der Waals surface area contributed by atoms with Crippen molar-refractivity contribution in [2.45, 2.75) is 19.3 Å². The van der Waals surface area contributed by atoms with E-state index in [2.05, 4.69) is 15.1 Å². The highest BCUT2D eigenvalue weighted by Crippen LogP contribution is 2.08. The highest BCUT2D eigenvalue weighted by atomic mass is 32.1. The summed E-state index contributed by atoms with van der Waals surface area (Å²) in [4.78, 5) is 2.48. The fourth-order valence-electron chi connectivity index (χ4n) is 1.87. The van der Waals surface area contributed by atoms with Gasteiger partial charge in [-0.3, -0.25) is 5.10 Å². The van der Waals surface area contributed by atoms with Crippen molar-refractivity contribution in [2.75, 3.05) is 19.6 Å². The molecular weight excluding hydrogens is 196 g/mol. The molecule has 0 radical (unpaired) electrons. The minimum absolute atomic E-state index is 0.710. The van der Waals surface area contributed by atoms with Gasteiger partial charge < -0.3 is 9.47 Å². The summed E-state index contributed by atoms with van der Waals surface area (Å²) in [6.45, 7) is 3.59. The van der Waals surface area contributed by atoms with Gasteiger partial charge >= 0.3 is 0 Å². The number of hydrogen-bond acceptors (Lipinski definition) is 3. The molecular formula is C9H16N4S. The van der Waals surface area contributed by atoms with E-state index in [9.17, 15) is 0 Å². The molecule has 2 rings (SSSR count). The van der Waals surface area contributed by atoms with Gasteiger partial charge in [-0.15, -0.1) is 0 Å². The van der Waals surface area contributed by atoms with Gasteiger partial charge in [-0.25, -0.2) is 0 Å². The highest BCUT2D eigenvalue weighted by molar-refractivity contribution is 7.71. The van der Waals surface area contributed by atoms with Gasteiger partial charge in [0.25, 0.3) is 0 Å². The van der Waals surface area contributed by atoms with Crippen molar-refractivity contribution in [1.82, 2.24) is 19.7 Å². The lowest BCUT2D eigenvalue weighted by atomic mass is 10.4. The maximum absolute atomic E-state index is 5.05. The fourth-order valence-corrected chi connectivity index (χ4v) is 2.02. The molecule has 0 bridgehead atoms. The van der Waals surface area contributed by atoms with Crippen LogP contribution in [0.5, 0.6) is 0 Å². The minimum atomic E-state index is 0.710. The Labute approximate surface area is 88.9 Å². The first kappa shape index (κ1) is 9.86. The van der Waals surface area contributed by atoms with Gasteiger partial charge in [-0.05, 0) is 38.1 Å². The van der Waals surface area contributed by atoms with Crippen LogP contribution in [0.15, 0.2) is 0 Å².